The average molecular weight is 456 g/mol. The third-order valence-electron chi connectivity index (χ3n) is 4.02. The number of halogens is 3. The van der Waals surface area contributed by atoms with Crippen LogP contribution in [-0.2, 0) is 10.0 Å². The van der Waals surface area contributed by atoms with E-state index in [4.69, 9.17) is 16.3 Å². The van der Waals surface area contributed by atoms with Gasteiger partial charge in [0, 0.05) is 12.3 Å². The number of carbonyl (C=O) groups excluding carboxylic acids is 1. The van der Waals surface area contributed by atoms with Crippen molar-refractivity contribution >= 4 is 27.5 Å². The van der Waals surface area contributed by atoms with Gasteiger partial charge in [-0.25, -0.2) is 26.9 Å². The van der Waals surface area contributed by atoms with Gasteiger partial charge in [-0.1, -0.05) is 17.7 Å². The summed E-state index contributed by atoms with van der Waals surface area (Å²) in [7, 11) is -4.37. The Kier molecular flexibility index (Phi) is 6.09. The predicted molar refractivity (Wildman–Crippen MR) is 105 cm³/mol. The van der Waals surface area contributed by atoms with Crippen LogP contribution in [0.1, 0.15) is 23.2 Å². The maximum Gasteiger partial charge on any atom is 0.285 e. The zero-order chi connectivity index (χ0) is 22.1. The second kappa shape index (κ2) is 8.41. The van der Waals surface area contributed by atoms with Gasteiger partial charge < -0.3 is 4.74 Å². The van der Waals surface area contributed by atoms with Gasteiger partial charge in [-0.15, -0.1) is 0 Å². The van der Waals surface area contributed by atoms with Crippen molar-refractivity contribution in [2.75, 3.05) is 6.61 Å². The molecule has 0 aliphatic carbocycles. The van der Waals surface area contributed by atoms with E-state index >= 15 is 0 Å². The quantitative estimate of drug-likeness (QED) is 0.613. The summed E-state index contributed by atoms with van der Waals surface area (Å²) in [5.74, 6) is -2.49. The van der Waals surface area contributed by atoms with E-state index in [2.05, 4.69) is 4.98 Å². The number of aryl methyl sites for hydroxylation is 1. The van der Waals surface area contributed by atoms with Crippen LogP contribution in [0.25, 0.3) is 5.69 Å². The molecule has 0 unspecified atom stereocenters. The zero-order valence-electron chi connectivity index (χ0n) is 15.8. The molecule has 3 aromatic rings. The molecule has 0 atom stereocenters. The SMILES string of the molecule is CCOc1ccc(Cl)c(S(=O)(=O)NC(=O)c2cn(-c3c(F)cccc3F)c(C)n2)c1. The van der Waals surface area contributed by atoms with E-state index in [1.807, 2.05) is 4.72 Å². The van der Waals surface area contributed by atoms with Crippen molar-refractivity contribution in [2.45, 2.75) is 18.7 Å². The number of para-hydroxylation sites is 1. The number of hydrogen-bond acceptors (Lipinski definition) is 5. The Bertz CT molecular complexity index is 1210. The minimum atomic E-state index is -4.37. The highest BCUT2D eigenvalue weighted by Gasteiger charge is 2.25. The van der Waals surface area contributed by atoms with Gasteiger partial charge in [0.1, 0.15) is 39.5 Å². The van der Waals surface area contributed by atoms with Crippen LogP contribution in [0.15, 0.2) is 47.5 Å². The van der Waals surface area contributed by atoms with Gasteiger partial charge in [-0.05, 0) is 38.1 Å². The Hall–Kier alpha value is -2.98. The van der Waals surface area contributed by atoms with Crippen molar-refractivity contribution < 1.29 is 26.7 Å². The fourth-order valence-corrected chi connectivity index (χ4v) is 4.18. The Morgan fingerprint density at radius 3 is 2.53 bits per heavy atom. The van der Waals surface area contributed by atoms with Crippen LogP contribution < -0.4 is 9.46 Å². The first-order valence-electron chi connectivity index (χ1n) is 8.64. The number of sulfonamides is 1. The van der Waals surface area contributed by atoms with E-state index in [1.54, 1.807) is 6.92 Å². The Morgan fingerprint density at radius 1 is 1.23 bits per heavy atom. The second-order valence-electron chi connectivity index (χ2n) is 6.07. The highest BCUT2D eigenvalue weighted by atomic mass is 35.5. The molecular weight excluding hydrogens is 440 g/mol. The van der Waals surface area contributed by atoms with Gasteiger partial charge in [0.25, 0.3) is 15.9 Å². The van der Waals surface area contributed by atoms with Gasteiger partial charge in [0.2, 0.25) is 0 Å². The molecule has 11 heteroatoms. The number of hydrogen-bond donors (Lipinski definition) is 1. The summed E-state index contributed by atoms with van der Waals surface area (Å²) in [5.41, 5.74) is -0.785. The summed E-state index contributed by atoms with van der Waals surface area (Å²) in [6, 6.07) is 7.29. The molecule has 0 saturated carbocycles. The van der Waals surface area contributed by atoms with E-state index in [9.17, 15) is 22.0 Å². The fourth-order valence-electron chi connectivity index (χ4n) is 2.70. The van der Waals surface area contributed by atoms with Crippen molar-refractivity contribution in [2.24, 2.45) is 0 Å². The molecule has 0 saturated heterocycles. The number of imidazole rings is 1. The molecule has 2 aromatic carbocycles. The number of carbonyl (C=O) groups is 1. The lowest BCUT2D eigenvalue weighted by atomic mass is 10.3. The van der Waals surface area contributed by atoms with Gasteiger partial charge in [0.15, 0.2) is 0 Å². The lowest BCUT2D eigenvalue weighted by Crippen LogP contribution is -2.31. The number of rotatable bonds is 6. The molecule has 0 fully saturated rings. The van der Waals surface area contributed by atoms with Crippen LogP contribution in [0.4, 0.5) is 8.78 Å². The number of nitrogens with zero attached hydrogens (tertiary/aromatic N) is 2. The molecule has 7 nitrogen and oxygen atoms in total. The van der Waals surface area contributed by atoms with Crippen LogP contribution in [-0.4, -0.2) is 30.5 Å². The topological polar surface area (TPSA) is 90.3 Å². The Morgan fingerprint density at radius 2 is 1.90 bits per heavy atom. The second-order valence-corrected chi connectivity index (χ2v) is 8.13. The van der Waals surface area contributed by atoms with Crippen molar-refractivity contribution in [1.29, 1.82) is 0 Å². The standard InChI is InChI=1S/C19H16ClF2N3O4S/c1-3-29-12-7-8-13(20)17(9-12)30(27,28)24-19(26)16-10-25(11(2)23-16)18-14(21)5-4-6-15(18)22/h4-10H,3H2,1-2H3,(H,24,26). The first-order chi connectivity index (χ1) is 14.1. The summed E-state index contributed by atoms with van der Waals surface area (Å²) in [6.07, 6.45) is 1.04. The minimum Gasteiger partial charge on any atom is -0.494 e. The van der Waals surface area contributed by atoms with E-state index in [0.717, 1.165) is 22.9 Å². The Balaban J connectivity index is 1.93. The maximum absolute atomic E-state index is 14.1. The summed E-state index contributed by atoms with van der Waals surface area (Å²) in [5, 5.41) is -0.117. The van der Waals surface area contributed by atoms with Crippen LogP contribution in [0.5, 0.6) is 5.75 Å². The van der Waals surface area contributed by atoms with Gasteiger partial charge in [0.05, 0.1) is 11.6 Å². The first-order valence-corrected chi connectivity index (χ1v) is 10.5. The van der Waals surface area contributed by atoms with Crippen molar-refractivity contribution in [3.05, 3.63) is 70.8 Å². The molecule has 1 heterocycles. The third kappa shape index (κ3) is 4.29. The maximum atomic E-state index is 14.1. The molecular formula is C19H16ClF2N3O4S. The summed E-state index contributed by atoms with van der Waals surface area (Å²) in [6.45, 7) is 3.44. The van der Waals surface area contributed by atoms with Crippen LogP contribution in [0.3, 0.4) is 0 Å². The normalized spacial score (nSPS) is 11.4. The van der Waals surface area contributed by atoms with Crippen LogP contribution in [0.2, 0.25) is 5.02 Å². The smallest absolute Gasteiger partial charge is 0.285 e. The van der Waals surface area contributed by atoms with E-state index in [1.165, 1.54) is 31.2 Å². The Labute approximate surface area is 176 Å². The molecule has 30 heavy (non-hydrogen) atoms. The minimum absolute atomic E-state index is 0.0814. The van der Waals surface area contributed by atoms with Crippen LogP contribution in [0, 0.1) is 18.6 Å². The first kappa shape index (κ1) is 21.7. The lowest BCUT2D eigenvalue weighted by Gasteiger charge is -2.10. The lowest BCUT2D eigenvalue weighted by molar-refractivity contribution is 0.0977. The third-order valence-corrected chi connectivity index (χ3v) is 5.84. The number of aromatic nitrogens is 2. The molecule has 1 aromatic heterocycles. The largest absolute Gasteiger partial charge is 0.494 e. The van der Waals surface area contributed by atoms with Gasteiger partial charge >= 0.3 is 0 Å². The number of benzene rings is 2. The monoisotopic (exact) mass is 455 g/mol. The molecule has 0 aliphatic heterocycles. The zero-order valence-corrected chi connectivity index (χ0v) is 17.4. The molecule has 3 rings (SSSR count). The van der Waals surface area contributed by atoms with Gasteiger partial charge in [-0.2, -0.15) is 0 Å². The highest BCUT2D eigenvalue weighted by molar-refractivity contribution is 7.90. The number of ether oxygens (including phenoxy) is 1. The number of amides is 1. The summed E-state index contributed by atoms with van der Waals surface area (Å²) >= 11 is 5.97. The average Bonchev–Trinajstić information content (AvgIpc) is 3.04. The molecule has 1 N–H and O–H groups in total. The van der Waals surface area contributed by atoms with Gasteiger partial charge in [-0.3, -0.25) is 9.36 Å². The molecule has 0 aliphatic rings. The molecule has 0 bridgehead atoms. The number of nitrogens with one attached hydrogen (secondary N) is 1. The molecule has 0 radical (unpaired) electrons. The van der Waals surface area contributed by atoms with E-state index < -0.39 is 33.3 Å². The summed E-state index contributed by atoms with van der Waals surface area (Å²) < 4.78 is 61.5. The summed E-state index contributed by atoms with van der Waals surface area (Å²) in [4.78, 5) is 16.0. The van der Waals surface area contributed by atoms with Crippen LogP contribution >= 0.6 is 11.6 Å². The predicted octanol–water partition coefficient (Wildman–Crippen LogP) is 3.63. The highest BCUT2D eigenvalue weighted by Crippen LogP contribution is 2.26. The fraction of sp³-hybridized carbons (Fsp3) is 0.158. The molecule has 0 spiro atoms. The van der Waals surface area contributed by atoms with E-state index in [0.29, 0.717) is 6.61 Å². The van der Waals surface area contributed by atoms with Crippen molar-refractivity contribution in [3.63, 3.8) is 0 Å². The van der Waals surface area contributed by atoms with E-state index in [-0.39, 0.29) is 27.2 Å². The van der Waals surface area contributed by atoms with Crippen molar-refractivity contribution in [3.8, 4) is 11.4 Å². The molecule has 158 valence electrons. The molecule has 1 amide bonds. The van der Waals surface area contributed by atoms with Crippen molar-refractivity contribution in [1.82, 2.24) is 14.3 Å².